The number of benzene rings is 2. The van der Waals surface area contributed by atoms with Crippen LogP contribution in [0.25, 0.3) is 22.3 Å². The highest BCUT2D eigenvalue weighted by molar-refractivity contribution is 5.91. The molecule has 0 saturated carbocycles. The van der Waals surface area contributed by atoms with Crippen LogP contribution in [0.4, 0.5) is 0 Å². The number of aliphatic hydroxyl groups is 8. The van der Waals surface area contributed by atoms with E-state index in [0.717, 1.165) is 12.1 Å². The number of carbonyl (C=O) groups excluding carboxylic acids is 2. The summed E-state index contributed by atoms with van der Waals surface area (Å²) in [6.45, 7) is -0.213. The first kappa shape index (κ1) is 51.4. The largest absolute Gasteiger partial charge is 0.507 e. The Morgan fingerprint density at radius 2 is 1.13 bits per heavy atom. The topological polar surface area (TPSA) is 415 Å². The number of aromatic hydroxyl groups is 2. The highest BCUT2D eigenvalue weighted by Crippen LogP contribution is 2.46. The molecule has 27 nitrogen and oxygen atoms in total. The van der Waals surface area contributed by atoms with Gasteiger partial charge in [-0.2, -0.15) is 0 Å². The minimum atomic E-state index is -2.05. The monoisotopic (exact) mass is 973 g/mol. The van der Waals surface area contributed by atoms with Crippen LogP contribution in [0.15, 0.2) is 34.7 Å². The molecular weight excluding hydrogens is 924 g/mol. The van der Waals surface area contributed by atoms with Crippen molar-refractivity contribution in [3.8, 4) is 45.8 Å². The summed E-state index contributed by atoms with van der Waals surface area (Å²) in [5.41, 5.74) is -0.164. The van der Waals surface area contributed by atoms with Crippen LogP contribution in [0.1, 0.15) is 19.8 Å². The number of carbonyl (C=O) groups is 4. The number of ether oxygens (including phenoxy) is 10. The molecule has 3 aliphatic heterocycles. The first-order chi connectivity index (χ1) is 32.1. The Balaban J connectivity index is 1.32. The van der Waals surface area contributed by atoms with E-state index in [2.05, 4.69) is 0 Å². The van der Waals surface area contributed by atoms with E-state index in [-0.39, 0.29) is 45.3 Å². The number of carboxylic acids is 2. The number of esters is 2. The Bertz CT molecular complexity index is 2280. The first-order valence-corrected chi connectivity index (χ1v) is 20.4. The van der Waals surface area contributed by atoms with Crippen molar-refractivity contribution in [3.05, 3.63) is 30.3 Å². The van der Waals surface area contributed by atoms with Crippen molar-refractivity contribution in [3.63, 3.8) is 0 Å². The van der Waals surface area contributed by atoms with Gasteiger partial charge in [-0.15, -0.1) is 0 Å². The molecule has 3 fully saturated rings. The van der Waals surface area contributed by atoms with E-state index in [1.165, 1.54) is 39.3 Å². The molecule has 0 amide bonds. The lowest BCUT2D eigenvalue weighted by Gasteiger charge is -2.43. The van der Waals surface area contributed by atoms with E-state index in [4.69, 9.17) is 62.0 Å². The maximum Gasteiger partial charge on any atom is 0.402 e. The van der Waals surface area contributed by atoms with Crippen molar-refractivity contribution in [2.45, 2.75) is 112 Å². The van der Waals surface area contributed by atoms with Gasteiger partial charge in [-0.05, 0) is 6.92 Å². The maximum absolute atomic E-state index is 12.0. The van der Waals surface area contributed by atoms with Gasteiger partial charge < -0.3 is 109 Å². The lowest BCUT2D eigenvalue weighted by molar-refractivity contribution is -0.319. The second-order valence-corrected chi connectivity index (χ2v) is 15.6. The molecule has 0 radical (unpaired) electrons. The molecule has 4 heterocycles. The van der Waals surface area contributed by atoms with Gasteiger partial charge in [0.05, 0.1) is 38.6 Å². The predicted octanol–water partition coefficient (Wildman–Crippen LogP) is -2.93. The number of rotatable bonds is 17. The fourth-order valence-corrected chi connectivity index (χ4v) is 7.30. The number of hydrogen-bond donors (Lipinski definition) is 12. The zero-order valence-corrected chi connectivity index (χ0v) is 35.9. The molecule has 3 aromatic rings. The van der Waals surface area contributed by atoms with Gasteiger partial charge >= 0.3 is 35.2 Å². The van der Waals surface area contributed by atoms with E-state index < -0.39 is 154 Å². The van der Waals surface area contributed by atoms with Crippen LogP contribution in [0.3, 0.4) is 0 Å². The van der Waals surface area contributed by atoms with Gasteiger partial charge in [0.1, 0.15) is 97.4 Å². The third-order valence-corrected chi connectivity index (χ3v) is 10.8. The normalized spacial score (nSPS) is 31.6. The minimum absolute atomic E-state index is 0.0384. The Morgan fingerprint density at radius 3 is 1.69 bits per heavy atom. The second kappa shape index (κ2) is 21.6. The van der Waals surface area contributed by atoms with E-state index in [0.29, 0.717) is 0 Å². The number of aliphatic hydroxyl groups excluding tert-OH is 8. The lowest BCUT2D eigenvalue weighted by Crippen LogP contribution is -2.62. The number of methoxy groups -OCH3 is 2. The van der Waals surface area contributed by atoms with Crippen molar-refractivity contribution in [1.82, 2.24) is 0 Å². The molecular formula is C41H49O27+. The maximum atomic E-state index is 12.0. The predicted molar refractivity (Wildman–Crippen MR) is 215 cm³/mol. The molecule has 2 aromatic carbocycles. The summed E-state index contributed by atoms with van der Waals surface area (Å²) in [7, 11) is 2.46. The van der Waals surface area contributed by atoms with Crippen LogP contribution in [0.5, 0.6) is 34.5 Å². The van der Waals surface area contributed by atoms with Crippen LogP contribution >= 0.6 is 0 Å². The highest BCUT2D eigenvalue weighted by Gasteiger charge is 2.50. The molecule has 6 unspecified atom stereocenters. The number of phenols is 2. The van der Waals surface area contributed by atoms with Gasteiger partial charge in [0.25, 0.3) is 0 Å². The zero-order valence-electron chi connectivity index (χ0n) is 35.9. The summed E-state index contributed by atoms with van der Waals surface area (Å²) >= 11 is 0. The Morgan fingerprint density at radius 1 is 0.603 bits per heavy atom. The van der Waals surface area contributed by atoms with Crippen molar-refractivity contribution in [2.24, 2.45) is 0 Å². The lowest BCUT2D eigenvalue weighted by atomic mass is 9.98. The molecule has 68 heavy (non-hydrogen) atoms. The van der Waals surface area contributed by atoms with E-state index in [1.54, 1.807) is 0 Å². The van der Waals surface area contributed by atoms with Crippen molar-refractivity contribution >= 4 is 34.8 Å². The number of phenolic OH excluding ortho intramolecular Hbond substituents is 2. The Kier molecular flexibility index (Phi) is 16.3. The molecule has 27 heteroatoms. The number of fused-ring (bicyclic) bond motifs is 1. The van der Waals surface area contributed by atoms with Crippen LogP contribution in [0, 0.1) is 0 Å². The van der Waals surface area contributed by atoms with Crippen LogP contribution < -0.4 is 18.9 Å². The summed E-state index contributed by atoms with van der Waals surface area (Å²) < 4.78 is 61.3. The fourth-order valence-electron chi connectivity index (χ4n) is 7.30. The van der Waals surface area contributed by atoms with E-state index >= 15 is 0 Å². The molecule has 3 aliphatic rings. The number of carboxylic acid groups (broad SMARTS) is 2. The first-order valence-electron chi connectivity index (χ1n) is 20.4. The van der Waals surface area contributed by atoms with Gasteiger partial charge in [-0.25, -0.2) is 4.42 Å². The molecule has 0 spiro atoms. The van der Waals surface area contributed by atoms with Crippen molar-refractivity contribution in [1.29, 1.82) is 0 Å². The summed E-state index contributed by atoms with van der Waals surface area (Å²) in [5.74, 6) is -7.72. The molecule has 1 aromatic heterocycles. The van der Waals surface area contributed by atoms with Crippen LogP contribution in [-0.4, -0.2) is 205 Å². The third kappa shape index (κ3) is 11.3. The zero-order chi connectivity index (χ0) is 49.9. The third-order valence-electron chi connectivity index (χ3n) is 10.8. The summed E-state index contributed by atoms with van der Waals surface area (Å²) in [6.07, 6.45) is -29.2. The molecule has 0 bridgehead atoms. The molecule has 15 atom stereocenters. The van der Waals surface area contributed by atoms with Gasteiger partial charge in [0.15, 0.2) is 23.9 Å². The minimum Gasteiger partial charge on any atom is -0.507 e. The molecule has 6 rings (SSSR count). The fraction of sp³-hybridized carbons (Fsp3) is 0.537. The van der Waals surface area contributed by atoms with E-state index in [9.17, 15) is 70.2 Å². The van der Waals surface area contributed by atoms with Gasteiger partial charge in [0, 0.05) is 24.3 Å². The summed E-state index contributed by atoms with van der Waals surface area (Å²) in [6, 6.07) is 5.84. The van der Waals surface area contributed by atoms with Gasteiger partial charge in [0.2, 0.25) is 24.1 Å². The van der Waals surface area contributed by atoms with Crippen LogP contribution in [-0.2, 0) is 47.6 Å². The number of hydrogen-bond acceptors (Lipinski definition) is 24. The smallest absolute Gasteiger partial charge is 0.402 e. The molecule has 374 valence electrons. The van der Waals surface area contributed by atoms with Gasteiger partial charge in [-0.1, -0.05) is 0 Å². The Hall–Kier alpha value is -5.95. The quantitative estimate of drug-likeness (QED) is 0.0366. The number of aliphatic carboxylic acids is 2. The Labute approximate surface area is 382 Å². The standard InChI is InChI=1S/C41H48O27/c1-13-37(68-27(48)10-25(45)46)33(54)36(57)39(62-13)61-12-23-30(51)32(53)35(56)41(67-23)65-21-8-16-17(63-38(21)14-4-19(58-2)28(49)20(5-14)59-3)6-15(42)7-18(16)64-40-34(55)31(52)29(50)22(66-40)11-60-26(47)9-24(43)44/h4-8,13,22-23,29-37,39-41,50-57H,9-12H2,1-3H3,(H3-,42,43,44,45,46,49)/p+1/t13?,22?,23-,29-,30-,31+,32?,33?,34?,35?,36+,37+,39-,40-,41-/m1/s1. The van der Waals surface area contributed by atoms with Crippen molar-refractivity contribution < 1.29 is 132 Å². The van der Waals surface area contributed by atoms with Crippen molar-refractivity contribution in [2.75, 3.05) is 27.4 Å². The molecule has 3 saturated heterocycles. The summed E-state index contributed by atoms with van der Waals surface area (Å²) in [5, 5.41) is 126. The second-order valence-electron chi connectivity index (χ2n) is 15.6. The van der Waals surface area contributed by atoms with Gasteiger partial charge in [-0.3, -0.25) is 19.2 Å². The molecule has 0 aliphatic carbocycles. The summed E-state index contributed by atoms with van der Waals surface area (Å²) in [4.78, 5) is 45.7. The average molecular weight is 974 g/mol. The van der Waals surface area contributed by atoms with Crippen LogP contribution in [0.2, 0.25) is 0 Å². The SMILES string of the molecule is COc1cc(-c2[o+]c3cc(O)cc(O[C@@H]4OC(COC(=O)CC(=O)O)[C@@H](O)[C@H](O)C4O)c3cc2O[C@@H]2O[C@H](CO[C@@H]3OC(C)[C@H](OC(=O)CC(=O)O)C(O)[C@@H]3O)[C@@H](O)C(O)C2O)cc(OC)c1O. The molecule has 12 N–H and O–H groups in total. The average Bonchev–Trinajstić information content (AvgIpc) is 3.28. The highest BCUT2D eigenvalue weighted by atomic mass is 16.7. The van der Waals surface area contributed by atoms with E-state index in [1.807, 2.05) is 0 Å².